The van der Waals surface area contributed by atoms with E-state index in [1.54, 1.807) is 4.57 Å². The fourth-order valence-corrected chi connectivity index (χ4v) is 4.05. The third kappa shape index (κ3) is 2.61. The van der Waals surface area contributed by atoms with Gasteiger partial charge in [-0.05, 0) is 48.1 Å². The van der Waals surface area contributed by atoms with Crippen LogP contribution in [0.25, 0.3) is 15.9 Å². The molecule has 0 N–H and O–H groups in total. The quantitative estimate of drug-likeness (QED) is 0.555. The molecule has 2 aromatic heterocycles. The van der Waals surface area contributed by atoms with Crippen molar-refractivity contribution in [3.63, 3.8) is 0 Å². The van der Waals surface area contributed by atoms with Crippen LogP contribution in [0, 0.1) is 13.8 Å². The SMILES string of the molecule is Cc1ccccc1Cn1c(=O)n(-c2ccccc2C)c(=O)c2sccc21. The molecule has 0 aliphatic rings. The zero-order valence-corrected chi connectivity index (χ0v) is 15.4. The molecule has 0 saturated carbocycles. The predicted molar refractivity (Wildman–Crippen MR) is 107 cm³/mol. The molecule has 0 amide bonds. The van der Waals surface area contributed by atoms with E-state index in [4.69, 9.17) is 0 Å². The van der Waals surface area contributed by atoms with E-state index in [0.717, 1.165) is 16.7 Å². The standard InChI is InChI=1S/C21H18N2O2S/c1-14-7-3-5-9-16(14)13-22-18-11-12-26-19(18)20(24)23(21(22)25)17-10-6-4-8-15(17)2/h3-12H,13H2,1-2H3. The molecular weight excluding hydrogens is 344 g/mol. The van der Waals surface area contributed by atoms with E-state index in [-0.39, 0.29) is 11.2 Å². The van der Waals surface area contributed by atoms with Crippen molar-refractivity contribution in [1.82, 2.24) is 9.13 Å². The molecule has 0 radical (unpaired) electrons. The van der Waals surface area contributed by atoms with Gasteiger partial charge >= 0.3 is 5.69 Å². The number of aryl methyl sites for hydroxylation is 2. The van der Waals surface area contributed by atoms with Gasteiger partial charge in [-0.3, -0.25) is 9.36 Å². The zero-order chi connectivity index (χ0) is 18.3. The number of hydrogen-bond donors (Lipinski definition) is 0. The molecule has 0 saturated heterocycles. The van der Waals surface area contributed by atoms with Gasteiger partial charge in [0.1, 0.15) is 4.70 Å². The maximum atomic E-state index is 13.3. The van der Waals surface area contributed by atoms with Gasteiger partial charge in [0, 0.05) is 0 Å². The Labute approximate surface area is 154 Å². The summed E-state index contributed by atoms with van der Waals surface area (Å²) in [6, 6.07) is 17.3. The second-order valence-corrected chi connectivity index (χ2v) is 7.27. The van der Waals surface area contributed by atoms with Gasteiger partial charge in [-0.2, -0.15) is 0 Å². The average molecular weight is 362 g/mol. The molecule has 4 aromatic rings. The van der Waals surface area contributed by atoms with E-state index >= 15 is 0 Å². The van der Waals surface area contributed by atoms with Crippen LogP contribution in [-0.2, 0) is 6.54 Å². The molecule has 2 aromatic carbocycles. The van der Waals surface area contributed by atoms with Crippen LogP contribution in [0.1, 0.15) is 16.7 Å². The minimum atomic E-state index is -0.307. The second kappa shape index (κ2) is 6.42. The highest BCUT2D eigenvalue weighted by Crippen LogP contribution is 2.19. The summed E-state index contributed by atoms with van der Waals surface area (Å²) in [6.45, 7) is 4.37. The van der Waals surface area contributed by atoms with Crippen molar-refractivity contribution in [2.24, 2.45) is 0 Å². The summed E-state index contributed by atoms with van der Waals surface area (Å²) >= 11 is 1.37. The summed E-state index contributed by atoms with van der Waals surface area (Å²) < 4.78 is 3.59. The molecule has 0 unspecified atom stereocenters. The number of fused-ring (bicyclic) bond motifs is 1. The first-order valence-corrected chi connectivity index (χ1v) is 9.29. The maximum absolute atomic E-state index is 13.3. The smallest absolute Gasteiger partial charge is 0.288 e. The molecule has 0 aliphatic heterocycles. The lowest BCUT2D eigenvalue weighted by Gasteiger charge is -2.14. The second-order valence-electron chi connectivity index (χ2n) is 6.36. The van der Waals surface area contributed by atoms with Crippen LogP contribution in [-0.4, -0.2) is 9.13 Å². The van der Waals surface area contributed by atoms with Crippen molar-refractivity contribution in [1.29, 1.82) is 0 Å². The van der Waals surface area contributed by atoms with Gasteiger partial charge in [0.05, 0.1) is 17.7 Å². The average Bonchev–Trinajstić information content (AvgIpc) is 3.12. The van der Waals surface area contributed by atoms with Gasteiger partial charge in [0.2, 0.25) is 0 Å². The van der Waals surface area contributed by atoms with Gasteiger partial charge < -0.3 is 0 Å². The summed E-state index contributed by atoms with van der Waals surface area (Å²) in [5.74, 6) is 0. The van der Waals surface area contributed by atoms with Crippen LogP contribution in [0.3, 0.4) is 0 Å². The molecule has 5 heteroatoms. The summed E-state index contributed by atoms with van der Waals surface area (Å²) in [4.78, 5) is 26.3. The third-order valence-electron chi connectivity index (χ3n) is 4.70. The summed E-state index contributed by atoms with van der Waals surface area (Å²) in [6.07, 6.45) is 0. The highest BCUT2D eigenvalue weighted by molar-refractivity contribution is 7.17. The molecule has 4 nitrogen and oxygen atoms in total. The number of hydrogen-bond acceptors (Lipinski definition) is 3. The first-order chi connectivity index (χ1) is 12.6. The molecule has 0 fully saturated rings. The Balaban J connectivity index is 2.04. The van der Waals surface area contributed by atoms with Crippen molar-refractivity contribution in [3.8, 4) is 5.69 Å². The lowest BCUT2D eigenvalue weighted by atomic mass is 10.1. The fourth-order valence-electron chi connectivity index (χ4n) is 3.22. The van der Waals surface area contributed by atoms with Crippen LogP contribution >= 0.6 is 11.3 Å². The molecule has 0 aliphatic carbocycles. The van der Waals surface area contributed by atoms with Crippen LogP contribution in [0.5, 0.6) is 0 Å². The Kier molecular flexibility index (Phi) is 4.09. The van der Waals surface area contributed by atoms with Crippen molar-refractivity contribution >= 4 is 21.6 Å². The first kappa shape index (κ1) is 16.5. The Morgan fingerprint density at radius 3 is 2.31 bits per heavy atom. The minimum Gasteiger partial charge on any atom is -0.288 e. The molecule has 26 heavy (non-hydrogen) atoms. The minimum absolute atomic E-state index is 0.254. The van der Waals surface area contributed by atoms with Crippen LogP contribution < -0.4 is 11.2 Å². The molecule has 2 heterocycles. The fraction of sp³-hybridized carbons (Fsp3) is 0.143. The number of rotatable bonds is 3. The monoisotopic (exact) mass is 362 g/mol. The lowest BCUT2D eigenvalue weighted by molar-refractivity contribution is 0.712. The highest BCUT2D eigenvalue weighted by Gasteiger charge is 2.17. The topological polar surface area (TPSA) is 44.0 Å². The van der Waals surface area contributed by atoms with Crippen molar-refractivity contribution < 1.29 is 0 Å². The van der Waals surface area contributed by atoms with Crippen LogP contribution in [0.4, 0.5) is 0 Å². The lowest BCUT2D eigenvalue weighted by Crippen LogP contribution is -2.39. The van der Waals surface area contributed by atoms with Gasteiger partial charge in [0.15, 0.2) is 0 Å². The summed E-state index contributed by atoms with van der Waals surface area (Å²) in [5, 5.41) is 1.86. The van der Waals surface area contributed by atoms with Gasteiger partial charge in [-0.1, -0.05) is 42.5 Å². The Morgan fingerprint density at radius 1 is 0.885 bits per heavy atom. The highest BCUT2D eigenvalue weighted by atomic mass is 32.1. The molecule has 0 bridgehead atoms. The van der Waals surface area contributed by atoms with Crippen molar-refractivity contribution in [2.45, 2.75) is 20.4 Å². The van der Waals surface area contributed by atoms with E-state index in [0.29, 0.717) is 22.4 Å². The summed E-state index contributed by atoms with van der Waals surface area (Å²) in [5.41, 5.74) is 3.85. The predicted octanol–water partition coefficient (Wildman–Crippen LogP) is 3.88. The largest absolute Gasteiger partial charge is 0.336 e. The van der Waals surface area contributed by atoms with Crippen LogP contribution in [0.2, 0.25) is 0 Å². The van der Waals surface area contributed by atoms with E-state index in [2.05, 4.69) is 0 Å². The van der Waals surface area contributed by atoms with E-state index in [9.17, 15) is 9.59 Å². The van der Waals surface area contributed by atoms with Crippen molar-refractivity contribution in [3.05, 3.63) is 97.5 Å². The van der Waals surface area contributed by atoms with Gasteiger partial charge in [0.25, 0.3) is 5.56 Å². The molecule has 4 rings (SSSR count). The number of thiophene rings is 1. The third-order valence-corrected chi connectivity index (χ3v) is 5.59. The normalized spacial score (nSPS) is 11.2. The molecule has 130 valence electrons. The van der Waals surface area contributed by atoms with Crippen molar-refractivity contribution in [2.75, 3.05) is 0 Å². The van der Waals surface area contributed by atoms with Crippen LogP contribution in [0.15, 0.2) is 69.6 Å². The molecule has 0 spiro atoms. The van der Waals surface area contributed by atoms with E-state index in [1.165, 1.54) is 15.9 Å². The maximum Gasteiger partial charge on any atom is 0.336 e. The van der Waals surface area contributed by atoms with E-state index in [1.807, 2.05) is 73.8 Å². The molecular formula is C21H18N2O2S. The number of nitrogens with zero attached hydrogens (tertiary/aromatic N) is 2. The Morgan fingerprint density at radius 2 is 1.58 bits per heavy atom. The molecule has 0 atom stereocenters. The van der Waals surface area contributed by atoms with E-state index < -0.39 is 0 Å². The number of para-hydroxylation sites is 1. The first-order valence-electron chi connectivity index (χ1n) is 8.41. The zero-order valence-electron chi connectivity index (χ0n) is 14.6. The number of benzene rings is 2. The Hall–Kier alpha value is -2.92. The van der Waals surface area contributed by atoms with Gasteiger partial charge in [-0.15, -0.1) is 11.3 Å². The van der Waals surface area contributed by atoms with Gasteiger partial charge in [-0.25, -0.2) is 9.36 Å². The number of aromatic nitrogens is 2. The summed E-state index contributed by atoms with van der Waals surface area (Å²) in [7, 11) is 0. The Bertz CT molecular complexity index is 1230.